The Balaban J connectivity index is 1.76. The van der Waals surface area contributed by atoms with E-state index < -0.39 is 11.9 Å². The molecule has 0 radical (unpaired) electrons. The smallest absolute Gasteiger partial charge is 0.303 e. The summed E-state index contributed by atoms with van der Waals surface area (Å²) in [4.78, 5) is 54.7. The van der Waals surface area contributed by atoms with Crippen molar-refractivity contribution in [3.63, 3.8) is 0 Å². The van der Waals surface area contributed by atoms with Crippen LogP contribution >= 0.6 is 0 Å². The van der Waals surface area contributed by atoms with Crippen LogP contribution in [-0.2, 0) is 44.9 Å². The molecule has 10 heteroatoms. The van der Waals surface area contributed by atoms with Gasteiger partial charge in [-0.25, -0.2) is 0 Å². The van der Waals surface area contributed by atoms with Crippen molar-refractivity contribution in [1.82, 2.24) is 20.6 Å². The molecule has 2 aromatic heterocycles. The van der Waals surface area contributed by atoms with Gasteiger partial charge in [-0.3, -0.25) is 19.2 Å². The van der Waals surface area contributed by atoms with E-state index in [-0.39, 0.29) is 30.7 Å². The zero-order valence-electron chi connectivity index (χ0n) is 25.0. The molecule has 0 saturated heterocycles. The standard InChI is InChI=1S/C33H38N4O6/c1-7-20-19(6)32(42)37-27(20)14-25-18(5)23(10-12-31(40)41)29(35-25)15-28-22(9-11-30(38)39)17(4)24(34-28)13-26-16(3)21(8-2)33(43)36-26/h7-8,13,27,34-35H,1-2,9-12,14-15H2,3-6H3,(H,36,43)(H,37,42)(H,38,39)(H,40,41)/b26-13-. The van der Waals surface area contributed by atoms with Gasteiger partial charge in [-0.1, -0.05) is 25.3 Å². The number of aliphatic carboxylic acids is 2. The molecule has 0 saturated carbocycles. The summed E-state index contributed by atoms with van der Waals surface area (Å²) in [5.41, 5.74) is 10.2. The summed E-state index contributed by atoms with van der Waals surface area (Å²) in [6.07, 6.45) is 6.43. The molecule has 1 unspecified atom stereocenters. The van der Waals surface area contributed by atoms with E-state index in [4.69, 9.17) is 0 Å². The van der Waals surface area contributed by atoms with Gasteiger partial charge in [-0.05, 0) is 80.0 Å². The second-order valence-electron chi connectivity index (χ2n) is 11.0. The molecule has 0 aliphatic carbocycles. The molecule has 0 bridgehead atoms. The Hall–Kier alpha value is -4.86. The van der Waals surface area contributed by atoms with E-state index in [0.717, 1.165) is 56.2 Å². The molecular formula is C33H38N4O6. The number of nitrogens with one attached hydrogen (secondary N) is 4. The molecule has 2 aliphatic heterocycles. The summed E-state index contributed by atoms with van der Waals surface area (Å²) >= 11 is 0. The molecule has 43 heavy (non-hydrogen) atoms. The van der Waals surface area contributed by atoms with Crippen molar-refractivity contribution in [1.29, 1.82) is 0 Å². The fourth-order valence-electron chi connectivity index (χ4n) is 5.98. The maximum atomic E-state index is 12.3. The van der Waals surface area contributed by atoms with Crippen LogP contribution < -0.4 is 10.6 Å². The number of aromatic amines is 2. The van der Waals surface area contributed by atoms with Gasteiger partial charge in [0.1, 0.15) is 0 Å². The van der Waals surface area contributed by atoms with E-state index in [1.54, 1.807) is 13.0 Å². The maximum absolute atomic E-state index is 12.3. The second-order valence-corrected chi connectivity index (χ2v) is 11.0. The van der Waals surface area contributed by atoms with Crippen molar-refractivity contribution >= 4 is 29.8 Å². The predicted molar refractivity (Wildman–Crippen MR) is 163 cm³/mol. The van der Waals surface area contributed by atoms with Crippen LogP contribution in [0.2, 0.25) is 0 Å². The highest BCUT2D eigenvalue weighted by Crippen LogP contribution is 2.31. The van der Waals surface area contributed by atoms with E-state index in [0.29, 0.717) is 42.5 Å². The molecule has 0 spiro atoms. The van der Waals surface area contributed by atoms with Gasteiger partial charge >= 0.3 is 11.9 Å². The van der Waals surface area contributed by atoms with Gasteiger partial charge in [-0.2, -0.15) is 0 Å². The Morgan fingerprint density at radius 3 is 1.98 bits per heavy atom. The molecule has 226 valence electrons. The molecule has 0 fully saturated rings. The lowest BCUT2D eigenvalue weighted by Gasteiger charge is -2.13. The number of aromatic nitrogens is 2. The number of hydrogen-bond donors (Lipinski definition) is 6. The highest BCUT2D eigenvalue weighted by Gasteiger charge is 2.29. The minimum atomic E-state index is -0.913. The average molecular weight is 587 g/mol. The van der Waals surface area contributed by atoms with Gasteiger partial charge in [-0.15, -0.1) is 0 Å². The fourth-order valence-corrected chi connectivity index (χ4v) is 5.98. The molecule has 1 atom stereocenters. The van der Waals surface area contributed by atoms with Crippen LogP contribution in [0.15, 0.2) is 53.3 Å². The maximum Gasteiger partial charge on any atom is 0.303 e. The van der Waals surface area contributed by atoms with Gasteiger partial charge in [0, 0.05) is 65.3 Å². The van der Waals surface area contributed by atoms with Crippen molar-refractivity contribution in [3.05, 3.63) is 98.3 Å². The Kier molecular flexibility index (Phi) is 9.08. The van der Waals surface area contributed by atoms with Crippen molar-refractivity contribution in [2.75, 3.05) is 0 Å². The Bertz CT molecular complexity index is 1640. The third kappa shape index (κ3) is 6.33. The summed E-state index contributed by atoms with van der Waals surface area (Å²) in [5.74, 6) is -2.18. The van der Waals surface area contributed by atoms with Crippen LogP contribution in [0.4, 0.5) is 0 Å². The average Bonchev–Trinajstić information content (AvgIpc) is 3.59. The first-order valence-corrected chi connectivity index (χ1v) is 14.2. The third-order valence-corrected chi connectivity index (χ3v) is 8.49. The highest BCUT2D eigenvalue weighted by molar-refractivity contribution is 6.03. The molecule has 4 heterocycles. The number of amides is 2. The van der Waals surface area contributed by atoms with Gasteiger partial charge < -0.3 is 30.8 Å². The quantitative estimate of drug-likeness (QED) is 0.207. The number of carbonyl (C=O) groups is 4. The summed E-state index contributed by atoms with van der Waals surface area (Å²) in [6.45, 7) is 15.1. The summed E-state index contributed by atoms with van der Waals surface area (Å²) in [7, 11) is 0. The van der Waals surface area contributed by atoms with E-state index in [1.807, 2.05) is 26.8 Å². The SMILES string of the molecule is C=CC1=C(C)/C(=C/c2[nH]c(Cc3[nH]c(CC4NC(=O)C(C)=C4C=C)c(C)c3CCC(=O)O)c(CCC(=O)O)c2C)NC1=O. The number of rotatable bonds is 13. The topological polar surface area (TPSA) is 164 Å². The molecule has 10 nitrogen and oxygen atoms in total. The van der Waals surface area contributed by atoms with E-state index in [2.05, 4.69) is 33.8 Å². The van der Waals surface area contributed by atoms with Crippen molar-refractivity contribution in [2.45, 2.75) is 72.3 Å². The third-order valence-electron chi connectivity index (χ3n) is 8.49. The second kappa shape index (κ2) is 12.6. The van der Waals surface area contributed by atoms with Gasteiger partial charge in [0.15, 0.2) is 0 Å². The van der Waals surface area contributed by atoms with Crippen molar-refractivity contribution in [2.24, 2.45) is 0 Å². The number of allylic oxidation sites excluding steroid dienone is 1. The zero-order valence-corrected chi connectivity index (χ0v) is 25.0. The molecule has 2 amide bonds. The minimum absolute atomic E-state index is 0.0495. The van der Waals surface area contributed by atoms with Crippen LogP contribution in [0.25, 0.3) is 6.08 Å². The summed E-state index contributed by atoms with van der Waals surface area (Å²) < 4.78 is 0. The molecule has 4 rings (SSSR count). The lowest BCUT2D eigenvalue weighted by Crippen LogP contribution is -2.30. The molecule has 2 aromatic rings. The molecular weight excluding hydrogens is 548 g/mol. The predicted octanol–water partition coefficient (Wildman–Crippen LogP) is 4.10. The monoisotopic (exact) mass is 586 g/mol. The van der Waals surface area contributed by atoms with Crippen molar-refractivity contribution in [3.8, 4) is 0 Å². The first kappa shape index (κ1) is 31.1. The summed E-state index contributed by atoms with van der Waals surface area (Å²) in [6, 6.07) is -0.252. The van der Waals surface area contributed by atoms with Gasteiger partial charge in [0.25, 0.3) is 5.91 Å². The van der Waals surface area contributed by atoms with E-state index in [1.165, 1.54) is 6.08 Å². The van der Waals surface area contributed by atoms with Crippen LogP contribution in [0, 0.1) is 13.8 Å². The van der Waals surface area contributed by atoms with Gasteiger partial charge in [0.2, 0.25) is 5.91 Å². The Morgan fingerprint density at radius 2 is 1.42 bits per heavy atom. The first-order valence-electron chi connectivity index (χ1n) is 14.2. The zero-order chi connectivity index (χ0) is 31.6. The Labute approximate surface area is 250 Å². The van der Waals surface area contributed by atoms with E-state index in [9.17, 15) is 29.4 Å². The fraction of sp³-hybridized carbons (Fsp3) is 0.333. The number of carbonyl (C=O) groups excluding carboxylic acids is 2. The molecule has 0 aromatic carbocycles. The first-order chi connectivity index (χ1) is 20.4. The normalized spacial score (nSPS) is 17.6. The van der Waals surface area contributed by atoms with E-state index >= 15 is 0 Å². The number of carboxylic acid groups (broad SMARTS) is 2. The van der Waals surface area contributed by atoms with Crippen LogP contribution in [0.3, 0.4) is 0 Å². The molecule has 2 aliphatic rings. The molecule has 6 N–H and O–H groups in total. The number of carboxylic acids is 2. The number of hydrogen-bond acceptors (Lipinski definition) is 4. The van der Waals surface area contributed by atoms with Crippen LogP contribution in [0.5, 0.6) is 0 Å². The number of H-pyrrole nitrogens is 2. The lowest BCUT2D eigenvalue weighted by molar-refractivity contribution is -0.138. The van der Waals surface area contributed by atoms with Crippen molar-refractivity contribution < 1.29 is 29.4 Å². The van der Waals surface area contributed by atoms with Crippen LogP contribution in [-0.4, -0.2) is 50.0 Å². The lowest BCUT2D eigenvalue weighted by atomic mass is 9.96. The Morgan fingerprint density at radius 1 is 0.814 bits per heavy atom. The highest BCUT2D eigenvalue weighted by atomic mass is 16.4. The summed E-state index contributed by atoms with van der Waals surface area (Å²) in [5, 5.41) is 24.7. The van der Waals surface area contributed by atoms with Gasteiger partial charge in [0.05, 0.1) is 6.04 Å². The minimum Gasteiger partial charge on any atom is -0.481 e. The largest absolute Gasteiger partial charge is 0.481 e. The van der Waals surface area contributed by atoms with Crippen LogP contribution in [0.1, 0.15) is 71.7 Å².